The summed E-state index contributed by atoms with van der Waals surface area (Å²) in [5.41, 5.74) is 0. The first-order valence-electron chi connectivity index (χ1n) is 12.9. The Balaban J connectivity index is 3.21. The van der Waals surface area contributed by atoms with Crippen molar-refractivity contribution in [3.63, 3.8) is 0 Å². The Morgan fingerprint density at radius 1 is 0.710 bits per heavy atom. The molecule has 0 aromatic rings. The van der Waals surface area contributed by atoms with Crippen LogP contribution in [0.3, 0.4) is 0 Å². The van der Waals surface area contributed by atoms with Crippen molar-refractivity contribution in [3.8, 4) is 0 Å². The van der Waals surface area contributed by atoms with E-state index in [1.165, 1.54) is 83.1 Å². The number of ether oxygens (including phenoxy) is 2. The number of nitrogens with one attached hydrogen (secondary N) is 1. The van der Waals surface area contributed by atoms with Crippen molar-refractivity contribution in [1.82, 2.24) is 5.32 Å². The van der Waals surface area contributed by atoms with E-state index in [0.29, 0.717) is 19.6 Å². The highest BCUT2D eigenvalue weighted by Crippen LogP contribution is 2.13. The molecular weight excluding hydrogens is 390 g/mol. The van der Waals surface area contributed by atoms with Gasteiger partial charge in [-0.2, -0.15) is 0 Å². The van der Waals surface area contributed by atoms with Gasteiger partial charge in [0.15, 0.2) is 0 Å². The molecular formula is C26H49NO4. The minimum absolute atomic E-state index is 0.104. The third kappa shape index (κ3) is 24.6. The largest absolute Gasteiger partial charge is 0.466 e. The lowest BCUT2D eigenvalue weighted by molar-refractivity contribution is -0.143. The molecule has 0 atom stereocenters. The van der Waals surface area contributed by atoms with Crippen molar-refractivity contribution in [2.24, 2.45) is 0 Å². The molecule has 0 fully saturated rings. The second-order valence-electron chi connectivity index (χ2n) is 8.44. The standard InChI is InChI=1S/C26H49NO4/c1-3-5-6-7-8-9-10-11-12-13-14-15-16-20-24-30-25(28)21-18-17-19-22-27-26(29)31-23-4-2/h4H,2-3,5-24H2,1H3,(H,27,29). The molecule has 182 valence electrons. The second kappa shape index (κ2) is 24.7. The molecule has 31 heavy (non-hydrogen) atoms. The monoisotopic (exact) mass is 439 g/mol. The molecule has 0 rings (SSSR count). The van der Waals surface area contributed by atoms with E-state index in [1.807, 2.05) is 0 Å². The molecule has 0 heterocycles. The van der Waals surface area contributed by atoms with Crippen LogP contribution in [0.2, 0.25) is 0 Å². The molecule has 0 saturated carbocycles. The molecule has 0 radical (unpaired) electrons. The van der Waals surface area contributed by atoms with Crippen LogP contribution in [0.5, 0.6) is 0 Å². The van der Waals surface area contributed by atoms with E-state index in [9.17, 15) is 9.59 Å². The number of hydrogen-bond acceptors (Lipinski definition) is 4. The molecule has 0 aliphatic rings. The molecule has 1 N–H and O–H groups in total. The van der Waals surface area contributed by atoms with Gasteiger partial charge in [0.25, 0.3) is 0 Å². The van der Waals surface area contributed by atoms with Gasteiger partial charge in [0.2, 0.25) is 0 Å². The molecule has 0 spiro atoms. The quantitative estimate of drug-likeness (QED) is 0.102. The van der Waals surface area contributed by atoms with Crippen LogP contribution >= 0.6 is 0 Å². The maximum absolute atomic E-state index is 11.7. The van der Waals surface area contributed by atoms with Crippen LogP contribution in [-0.2, 0) is 14.3 Å². The highest BCUT2D eigenvalue weighted by atomic mass is 16.5. The first-order chi connectivity index (χ1) is 15.2. The lowest BCUT2D eigenvalue weighted by Gasteiger charge is -2.06. The fourth-order valence-electron chi connectivity index (χ4n) is 3.50. The van der Waals surface area contributed by atoms with Gasteiger partial charge in [0.05, 0.1) is 6.61 Å². The summed E-state index contributed by atoms with van der Waals surface area (Å²) < 4.78 is 10.1. The molecule has 0 bridgehead atoms. The fourth-order valence-corrected chi connectivity index (χ4v) is 3.50. The summed E-state index contributed by atoms with van der Waals surface area (Å²) in [6.07, 6.45) is 22.7. The summed E-state index contributed by atoms with van der Waals surface area (Å²) in [4.78, 5) is 22.9. The number of carbonyl (C=O) groups excluding carboxylic acids is 2. The van der Waals surface area contributed by atoms with E-state index in [0.717, 1.165) is 32.1 Å². The highest BCUT2D eigenvalue weighted by Gasteiger charge is 2.03. The minimum Gasteiger partial charge on any atom is -0.466 e. The van der Waals surface area contributed by atoms with Gasteiger partial charge in [-0.15, -0.1) is 0 Å². The Morgan fingerprint density at radius 2 is 1.23 bits per heavy atom. The van der Waals surface area contributed by atoms with Gasteiger partial charge in [0.1, 0.15) is 6.61 Å². The van der Waals surface area contributed by atoms with E-state index in [2.05, 4.69) is 18.8 Å². The first kappa shape index (κ1) is 29.5. The van der Waals surface area contributed by atoms with Gasteiger partial charge in [-0.3, -0.25) is 4.79 Å². The van der Waals surface area contributed by atoms with E-state index >= 15 is 0 Å². The van der Waals surface area contributed by atoms with E-state index in [4.69, 9.17) is 9.47 Å². The minimum atomic E-state index is -0.424. The summed E-state index contributed by atoms with van der Waals surface area (Å²) in [6.45, 7) is 7.08. The van der Waals surface area contributed by atoms with Gasteiger partial charge >= 0.3 is 12.1 Å². The zero-order valence-electron chi connectivity index (χ0n) is 20.3. The van der Waals surface area contributed by atoms with E-state index in [-0.39, 0.29) is 12.6 Å². The predicted octanol–water partition coefficient (Wildman–Crippen LogP) is 7.48. The summed E-state index contributed by atoms with van der Waals surface area (Å²) in [5.74, 6) is -0.104. The molecule has 0 saturated heterocycles. The Kier molecular flexibility index (Phi) is 23.5. The summed E-state index contributed by atoms with van der Waals surface area (Å²) in [7, 11) is 0. The number of carbonyl (C=O) groups is 2. The molecule has 5 heteroatoms. The summed E-state index contributed by atoms with van der Waals surface area (Å²) in [6, 6.07) is 0. The molecule has 0 aromatic carbocycles. The molecule has 0 aliphatic carbocycles. The average Bonchev–Trinajstić information content (AvgIpc) is 2.77. The second-order valence-corrected chi connectivity index (χ2v) is 8.44. The number of unbranched alkanes of at least 4 members (excludes halogenated alkanes) is 15. The topological polar surface area (TPSA) is 64.6 Å². The Morgan fingerprint density at radius 3 is 1.77 bits per heavy atom. The lowest BCUT2D eigenvalue weighted by atomic mass is 10.0. The SMILES string of the molecule is C=CCOC(=O)NCCCCCC(=O)OCCCCCCCCCCCCCCCC. The van der Waals surface area contributed by atoms with Crippen molar-refractivity contribution >= 4 is 12.1 Å². The fraction of sp³-hybridized carbons (Fsp3) is 0.846. The lowest BCUT2D eigenvalue weighted by Crippen LogP contribution is -2.25. The van der Waals surface area contributed by atoms with Crippen LogP contribution in [0.1, 0.15) is 122 Å². The smallest absolute Gasteiger partial charge is 0.407 e. The first-order valence-corrected chi connectivity index (χ1v) is 12.9. The summed E-state index contributed by atoms with van der Waals surface area (Å²) in [5, 5.41) is 2.66. The van der Waals surface area contributed by atoms with Crippen LogP contribution in [0.15, 0.2) is 12.7 Å². The Bertz CT molecular complexity index is 426. The maximum Gasteiger partial charge on any atom is 0.407 e. The van der Waals surface area contributed by atoms with Crippen LogP contribution in [0.25, 0.3) is 0 Å². The normalized spacial score (nSPS) is 10.6. The van der Waals surface area contributed by atoms with Crippen LogP contribution in [-0.4, -0.2) is 31.8 Å². The Labute approximate surface area is 191 Å². The zero-order chi connectivity index (χ0) is 22.8. The molecule has 1 amide bonds. The number of hydrogen-bond donors (Lipinski definition) is 1. The molecule has 0 unspecified atom stereocenters. The van der Waals surface area contributed by atoms with Gasteiger partial charge in [-0.05, 0) is 19.3 Å². The van der Waals surface area contributed by atoms with Crippen LogP contribution in [0, 0.1) is 0 Å². The molecule has 0 aromatic heterocycles. The van der Waals surface area contributed by atoms with Crippen molar-refractivity contribution in [2.75, 3.05) is 19.8 Å². The highest BCUT2D eigenvalue weighted by molar-refractivity contribution is 5.69. The van der Waals surface area contributed by atoms with E-state index in [1.54, 1.807) is 0 Å². The van der Waals surface area contributed by atoms with Gasteiger partial charge in [-0.25, -0.2) is 4.79 Å². The number of esters is 1. The van der Waals surface area contributed by atoms with Gasteiger partial charge in [-0.1, -0.05) is 109 Å². The third-order valence-corrected chi connectivity index (χ3v) is 5.42. The van der Waals surface area contributed by atoms with Gasteiger partial charge in [0, 0.05) is 13.0 Å². The number of amides is 1. The number of rotatable bonds is 23. The van der Waals surface area contributed by atoms with Crippen molar-refractivity contribution in [3.05, 3.63) is 12.7 Å². The van der Waals surface area contributed by atoms with Crippen molar-refractivity contribution in [2.45, 2.75) is 122 Å². The third-order valence-electron chi connectivity index (χ3n) is 5.42. The van der Waals surface area contributed by atoms with Crippen molar-refractivity contribution < 1.29 is 19.1 Å². The van der Waals surface area contributed by atoms with Gasteiger partial charge < -0.3 is 14.8 Å². The molecule has 5 nitrogen and oxygen atoms in total. The predicted molar refractivity (Wildman–Crippen MR) is 129 cm³/mol. The average molecular weight is 440 g/mol. The summed E-state index contributed by atoms with van der Waals surface area (Å²) >= 11 is 0. The maximum atomic E-state index is 11.7. The van der Waals surface area contributed by atoms with Crippen molar-refractivity contribution in [1.29, 1.82) is 0 Å². The Hall–Kier alpha value is -1.52. The zero-order valence-corrected chi connectivity index (χ0v) is 20.3. The molecule has 0 aliphatic heterocycles. The number of alkyl carbamates (subject to hydrolysis) is 1. The van der Waals surface area contributed by atoms with Crippen LogP contribution in [0.4, 0.5) is 4.79 Å². The van der Waals surface area contributed by atoms with E-state index < -0.39 is 6.09 Å². The van der Waals surface area contributed by atoms with Crippen LogP contribution < -0.4 is 5.32 Å².